The van der Waals surface area contributed by atoms with Crippen molar-refractivity contribution in [3.8, 4) is 0 Å². The van der Waals surface area contributed by atoms with Gasteiger partial charge in [-0.2, -0.15) is 9.43 Å². The second-order valence-corrected chi connectivity index (χ2v) is 7.74. The fraction of sp³-hybridized carbons (Fsp3) is 0.0714. The average molecular weight is 369 g/mol. The predicted octanol–water partition coefficient (Wildman–Crippen LogP) is 2.03. The van der Waals surface area contributed by atoms with Gasteiger partial charge in [0.25, 0.3) is 10.0 Å². The summed E-state index contributed by atoms with van der Waals surface area (Å²) in [6.45, 7) is 1.85. The van der Waals surface area contributed by atoms with E-state index in [0.717, 1.165) is 5.56 Å². The number of halogens is 2. The topological polar surface area (TPSA) is 70.0 Å². The van der Waals surface area contributed by atoms with E-state index in [9.17, 15) is 13.4 Å². The van der Waals surface area contributed by atoms with E-state index in [1.807, 2.05) is 6.92 Å². The fourth-order valence-electron chi connectivity index (χ4n) is 2.26. The standard InChI is InChI=1S/C14H11BCl2N2O3S/c1-9-2-4-11(5-3-9)23(21,22)19-15(20)13-6-10(16)7-14(17)12(13)8-18-19/h2-8,20H,1H3. The zero-order chi connectivity index (χ0) is 16.8. The van der Waals surface area contributed by atoms with E-state index >= 15 is 0 Å². The molecule has 1 aliphatic heterocycles. The molecule has 23 heavy (non-hydrogen) atoms. The van der Waals surface area contributed by atoms with Gasteiger partial charge in [0.15, 0.2) is 0 Å². The third kappa shape index (κ3) is 2.85. The lowest BCUT2D eigenvalue weighted by Gasteiger charge is -2.26. The number of hydrazone groups is 1. The smallest absolute Gasteiger partial charge is 0.427 e. The highest BCUT2D eigenvalue weighted by atomic mass is 35.5. The molecule has 9 heteroatoms. The molecule has 0 aromatic heterocycles. The zero-order valence-corrected chi connectivity index (χ0v) is 14.3. The van der Waals surface area contributed by atoms with E-state index in [-0.39, 0.29) is 10.4 Å². The summed E-state index contributed by atoms with van der Waals surface area (Å²) in [6, 6.07) is 9.26. The van der Waals surface area contributed by atoms with Gasteiger partial charge in [0, 0.05) is 10.6 Å². The van der Waals surface area contributed by atoms with Crippen LogP contribution in [0.5, 0.6) is 0 Å². The first kappa shape index (κ1) is 16.3. The van der Waals surface area contributed by atoms with Crippen molar-refractivity contribution in [3.05, 3.63) is 57.6 Å². The number of sulfonamides is 1. The minimum atomic E-state index is -4.00. The Bertz CT molecular complexity index is 901. The minimum absolute atomic E-state index is 0.0378. The van der Waals surface area contributed by atoms with Crippen LogP contribution in [0.3, 0.4) is 0 Å². The van der Waals surface area contributed by atoms with Gasteiger partial charge in [-0.3, -0.25) is 0 Å². The molecule has 118 valence electrons. The van der Waals surface area contributed by atoms with Crippen LogP contribution in [0.2, 0.25) is 10.0 Å². The van der Waals surface area contributed by atoms with Gasteiger partial charge < -0.3 is 5.02 Å². The summed E-state index contributed by atoms with van der Waals surface area (Å²) in [5, 5.41) is 14.9. The summed E-state index contributed by atoms with van der Waals surface area (Å²) in [7, 11) is -5.50. The van der Waals surface area contributed by atoms with Gasteiger partial charge in [0.1, 0.15) is 0 Å². The Morgan fingerprint density at radius 3 is 2.48 bits per heavy atom. The summed E-state index contributed by atoms with van der Waals surface area (Å²) in [4.78, 5) is 0.0378. The number of nitrogens with zero attached hydrogens (tertiary/aromatic N) is 2. The van der Waals surface area contributed by atoms with Crippen molar-refractivity contribution < 1.29 is 13.4 Å². The van der Waals surface area contributed by atoms with E-state index in [4.69, 9.17) is 23.2 Å². The zero-order valence-electron chi connectivity index (χ0n) is 11.9. The Hall–Kier alpha value is -1.54. The Morgan fingerprint density at radius 1 is 1.17 bits per heavy atom. The Morgan fingerprint density at radius 2 is 1.83 bits per heavy atom. The highest BCUT2D eigenvalue weighted by molar-refractivity contribution is 7.90. The van der Waals surface area contributed by atoms with Crippen LogP contribution in [-0.4, -0.2) is 31.0 Å². The Kier molecular flexibility index (Phi) is 4.14. The second-order valence-electron chi connectivity index (χ2n) is 5.10. The summed E-state index contributed by atoms with van der Waals surface area (Å²) in [6.07, 6.45) is 1.30. The van der Waals surface area contributed by atoms with Gasteiger partial charge in [0.2, 0.25) is 0 Å². The van der Waals surface area contributed by atoms with E-state index in [1.54, 1.807) is 12.1 Å². The normalized spacial score (nSPS) is 14.1. The molecule has 2 aromatic carbocycles. The average Bonchev–Trinajstić information content (AvgIpc) is 2.48. The SMILES string of the molecule is Cc1ccc(S(=O)(=O)N2N=Cc3c(Cl)cc(Cl)cc3B2O)cc1. The quantitative estimate of drug-likeness (QED) is 0.824. The van der Waals surface area contributed by atoms with Gasteiger partial charge in [-0.1, -0.05) is 40.9 Å². The molecule has 3 rings (SSSR count). The molecular formula is C14H11BCl2N2O3S. The molecule has 0 spiro atoms. The molecule has 1 heterocycles. The molecule has 0 fully saturated rings. The van der Waals surface area contributed by atoms with Crippen molar-refractivity contribution >= 4 is 52.0 Å². The molecule has 0 atom stereocenters. The van der Waals surface area contributed by atoms with Gasteiger partial charge in [0.05, 0.1) is 16.1 Å². The van der Waals surface area contributed by atoms with Gasteiger partial charge >= 0.3 is 7.05 Å². The molecule has 5 nitrogen and oxygen atoms in total. The Balaban J connectivity index is 2.07. The van der Waals surface area contributed by atoms with Crippen LogP contribution in [0.25, 0.3) is 0 Å². The van der Waals surface area contributed by atoms with E-state index in [2.05, 4.69) is 5.10 Å². The molecule has 0 aliphatic carbocycles. The number of hydrogen-bond acceptors (Lipinski definition) is 4. The maximum atomic E-state index is 12.7. The third-order valence-electron chi connectivity index (χ3n) is 3.48. The van der Waals surface area contributed by atoms with Crippen LogP contribution in [0.15, 0.2) is 46.4 Å². The van der Waals surface area contributed by atoms with E-state index < -0.39 is 17.1 Å². The van der Waals surface area contributed by atoms with E-state index in [0.29, 0.717) is 19.9 Å². The summed E-state index contributed by atoms with van der Waals surface area (Å²) in [5.74, 6) is 0. The van der Waals surface area contributed by atoms with Gasteiger partial charge in [-0.15, -0.1) is 0 Å². The molecule has 0 radical (unpaired) electrons. The number of fused-ring (bicyclic) bond motifs is 1. The number of benzene rings is 2. The summed E-state index contributed by atoms with van der Waals surface area (Å²) in [5.41, 5.74) is 1.66. The fourth-order valence-corrected chi connectivity index (χ4v) is 4.06. The van der Waals surface area contributed by atoms with Crippen molar-refractivity contribution in [1.82, 2.24) is 4.33 Å². The lowest BCUT2D eigenvalue weighted by molar-refractivity contribution is 0.476. The van der Waals surface area contributed by atoms with Crippen LogP contribution in [-0.2, 0) is 10.0 Å². The first-order valence-corrected chi connectivity index (χ1v) is 8.82. The first-order chi connectivity index (χ1) is 10.8. The number of hydrogen-bond donors (Lipinski definition) is 1. The molecule has 1 aliphatic rings. The van der Waals surface area contributed by atoms with Crippen LogP contribution < -0.4 is 5.46 Å². The van der Waals surface area contributed by atoms with Crippen molar-refractivity contribution in [2.24, 2.45) is 5.10 Å². The van der Waals surface area contributed by atoms with Crippen molar-refractivity contribution in [3.63, 3.8) is 0 Å². The molecule has 1 N–H and O–H groups in total. The van der Waals surface area contributed by atoms with Crippen LogP contribution in [0, 0.1) is 6.92 Å². The summed E-state index contributed by atoms with van der Waals surface area (Å²) < 4.78 is 26.0. The Labute approximate surface area is 144 Å². The van der Waals surface area contributed by atoms with Crippen molar-refractivity contribution in [2.75, 3.05) is 0 Å². The largest absolute Gasteiger partial charge is 0.484 e. The molecule has 0 saturated heterocycles. The van der Waals surface area contributed by atoms with Crippen molar-refractivity contribution in [1.29, 1.82) is 0 Å². The van der Waals surface area contributed by atoms with Crippen molar-refractivity contribution in [2.45, 2.75) is 11.8 Å². The number of aryl methyl sites for hydroxylation is 1. The molecular weight excluding hydrogens is 358 g/mol. The second kappa shape index (κ2) is 5.83. The monoisotopic (exact) mass is 368 g/mol. The molecule has 0 saturated carbocycles. The van der Waals surface area contributed by atoms with E-state index in [1.165, 1.54) is 30.5 Å². The first-order valence-electron chi connectivity index (χ1n) is 6.63. The molecule has 0 amide bonds. The van der Waals surface area contributed by atoms with Crippen LogP contribution in [0.4, 0.5) is 0 Å². The van der Waals surface area contributed by atoms with Crippen LogP contribution in [0.1, 0.15) is 11.1 Å². The number of rotatable bonds is 2. The minimum Gasteiger partial charge on any atom is -0.427 e. The predicted molar refractivity (Wildman–Crippen MR) is 91.9 cm³/mol. The highest BCUT2D eigenvalue weighted by Crippen LogP contribution is 2.24. The van der Waals surface area contributed by atoms with Crippen LogP contribution >= 0.6 is 23.2 Å². The molecule has 0 bridgehead atoms. The van der Waals surface area contributed by atoms with Gasteiger partial charge in [-0.05, 0) is 36.7 Å². The maximum Gasteiger partial charge on any atom is 0.484 e. The maximum absolute atomic E-state index is 12.7. The molecule has 2 aromatic rings. The molecule has 0 unspecified atom stereocenters. The third-order valence-corrected chi connectivity index (χ3v) is 5.66. The lowest BCUT2D eigenvalue weighted by atomic mass is 9.72. The summed E-state index contributed by atoms with van der Waals surface area (Å²) >= 11 is 12.0. The lowest BCUT2D eigenvalue weighted by Crippen LogP contribution is -2.52. The van der Waals surface area contributed by atoms with Gasteiger partial charge in [-0.25, -0.2) is 8.42 Å². The highest BCUT2D eigenvalue weighted by Gasteiger charge is 2.39.